The molecule has 3 N–H and O–H groups in total. The number of phenols is 3. The number of hydrogen-bond donors (Lipinski definition) is 3. The molecular weight excluding hydrogens is 276 g/mol. The van der Waals surface area contributed by atoms with Gasteiger partial charge >= 0.3 is 0 Å². The highest BCUT2D eigenvalue weighted by molar-refractivity contribution is 5.79. The highest BCUT2D eigenvalue weighted by Gasteiger charge is 2.01. The summed E-state index contributed by atoms with van der Waals surface area (Å²) in [6.45, 7) is 0. The Balaban J connectivity index is 0.000000211. The van der Waals surface area contributed by atoms with E-state index in [1.165, 1.54) is 37.4 Å². The molecule has 6 heteroatoms. The highest BCUT2D eigenvalue weighted by Crippen LogP contribution is 2.21. The van der Waals surface area contributed by atoms with E-state index in [1.807, 2.05) is 0 Å². The van der Waals surface area contributed by atoms with E-state index in [-0.39, 0.29) is 22.8 Å². The Kier molecular flexibility index (Phi) is 5.76. The van der Waals surface area contributed by atoms with E-state index in [0.29, 0.717) is 23.9 Å². The van der Waals surface area contributed by atoms with Crippen molar-refractivity contribution in [2.45, 2.75) is 0 Å². The molecule has 0 bridgehead atoms. The summed E-state index contributed by atoms with van der Waals surface area (Å²) >= 11 is 0. The summed E-state index contributed by atoms with van der Waals surface area (Å²) < 4.78 is 4.83. The van der Waals surface area contributed by atoms with Crippen LogP contribution in [-0.2, 0) is 0 Å². The van der Waals surface area contributed by atoms with Crippen LogP contribution in [0.2, 0.25) is 0 Å². The van der Waals surface area contributed by atoms with Crippen LogP contribution < -0.4 is 4.74 Å². The molecule has 0 saturated heterocycles. The van der Waals surface area contributed by atoms with Gasteiger partial charge in [0.2, 0.25) is 0 Å². The standard InChI is InChI=1S/C8H8O3.C7H6O3/c1-11-8-4-7(10)3-2-6(8)5-9;8-4-5-1-6(9)3-7(10)2-5/h2-5,10H,1H3;1-4,9-10H. The second-order valence-electron chi connectivity index (χ2n) is 3.94. The van der Waals surface area contributed by atoms with Crippen molar-refractivity contribution in [3.8, 4) is 23.0 Å². The maximum absolute atomic E-state index is 10.3. The fraction of sp³-hybridized carbons (Fsp3) is 0.0667. The van der Waals surface area contributed by atoms with Crippen molar-refractivity contribution in [1.82, 2.24) is 0 Å². The van der Waals surface area contributed by atoms with Gasteiger partial charge in [0.15, 0.2) is 6.29 Å². The van der Waals surface area contributed by atoms with Gasteiger partial charge in [-0.15, -0.1) is 0 Å². The van der Waals surface area contributed by atoms with Crippen molar-refractivity contribution in [3.05, 3.63) is 47.5 Å². The average molecular weight is 290 g/mol. The van der Waals surface area contributed by atoms with Crippen molar-refractivity contribution in [3.63, 3.8) is 0 Å². The minimum Gasteiger partial charge on any atom is -0.508 e. The molecule has 0 atom stereocenters. The van der Waals surface area contributed by atoms with Gasteiger partial charge < -0.3 is 20.1 Å². The van der Waals surface area contributed by atoms with Crippen LogP contribution in [-0.4, -0.2) is 35.0 Å². The van der Waals surface area contributed by atoms with E-state index in [9.17, 15) is 9.59 Å². The smallest absolute Gasteiger partial charge is 0.153 e. The monoisotopic (exact) mass is 290 g/mol. The van der Waals surface area contributed by atoms with Gasteiger partial charge in [-0.1, -0.05) is 0 Å². The maximum atomic E-state index is 10.3. The minimum absolute atomic E-state index is 0.0902. The maximum Gasteiger partial charge on any atom is 0.153 e. The van der Waals surface area contributed by atoms with Gasteiger partial charge in [0, 0.05) is 17.7 Å². The number of aldehydes is 2. The lowest BCUT2D eigenvalue weighted by molar-refractivity contribution is 0.111. The van der Waals surface area contributed by atoms with Gasteiger partial charge in [0.05, 0.1) is 12.7 Å². The summed E-state index contributed by atoms with van der Waals surface area (Å²) in [5, 5.41) is 26.6. The lowest BCUT2D eigenvalue weighted by Crippen LogP contribution is -1.88. The van der Waals surface area contributed by atoms with Crippen LogP contribution in [0.3, 0.4) is 0 Å². The topological polar surface area (TPSA) is 104 Å². The van der Waals surface area contributed by atoms with E-state index in [0.717, 1.165) is 6.07 Å². The lowest BCUT2D eigenvalue weighted by atomic mass is 10.2. The average Bonchev–Trinajstić information content (AvgIpc) is 2.46. The Bertz CT molecular complexity index is 616. The highest BCUT2D eigenvalue weighted by atomic mass is 16.5. The summed E-state index contributed by atoms with van der Waals surface area (Å²) in [5.41, 5.74) is 0.697. The molecule has 0 unspecified atom stereocenters. The molecule has 0 spiro atoms. The molecule has 0 saturated carbocycles. The van der Waals surface area contributed by atoms with E-state index in [1.54, 1.807) is 0 Å². The Hall–Kier alpha value is -3.02. The zero-order valence-corrected chi connectivity index (χ0v) is 11.2. The first-order chi connectivity index (χ1) is 9.99. The van der Waals surface area contributed by atoms with E-state index < -0.39 is 0 Å². The SMILES string of the molecule is COc1cc(O)ccc1C=O.O=Cc1cc(O)cc(O)c1. The van der Waals surface area contributed by atoms with Crippen LogP contribution in [0.15, 0.2) is 36.4 Å². The Morgan fingerprint density at radius 1 is 0.857 bits per heavy atom. The minimum atomic E-state index is -0.109. The van der Waals surface area contributed by atoms with Gasteiger partial charge in [-0.2, -0.15) is 0 Å². The van der Waals surface area contributed by atoms with Gasteiger partial charge in [0.1, 0.15) is 29.3 Å². The predicted molar refractivity (Wildman–Crippen MR) is 75.2 cm³/mol. The molecule has 0 aliphatic carbocycles. The number of hydrogen-bond acceptors (Lipinski definition) is 6. The predicted octanol–water partition coefficient (Wildman–Crippen LogP) is 2.12. The summed E-state index contributed by atoms with van der Waals surface area (Å²) in [7, 11) is 1.45. The van der Waals surface area contributed by atoms with E-state index >= 15 is 0 Å². The normalized spacial score (nSPS) is 9.19. The molecule has 0 heterocycles. The van der Waals surface area contributed by atoms with Gasteiger partial charge in [-0.05, 0) is 24.3 Å². The third kappa shape index (κ3) is 4.87. The number of aromatic hydroxyl groups is 3. The Morgan fingerprint density at radius 3 is 1.95 bits per heavy atom. The van der Waals surface area contributed by atoms with E-state index in [2.05, 4.69) is 0 Å². The molecule has 21 heavy (non-hydrogen) atoms. The fourth-order valence-electron chi connectivity index (χ4n) is 1.48. The van der Waals surface area contributed by atoms with Gasteiger partial charge in [-0.25, -0.2) is 0 Å². The molecule has 0 radical (unpaired) electrons. The van der Waals surface area contributed by atoms with Crippen molar-refractivity contribution < 1.29 is 29.6 Å². The Morgan fingerprint density at radius 2 is 1.48 bits per heavy atom. The molecule has 2 aromatic rings. The number of phenolic OH excluding ortho intramolecular Hbond substituents is 3. The van der Waals surface area contributed by atoms with Crippen LogP contribution in [0.5, 0.6) is 23.0 Å². The quantitative estimate of drug-likeness (QED) is 0.748. The van der Waals surface area contributed by atoms with Crippen LogP contribution in [0.1, 0.15) is 20.7 Å². The molecular formula is C15H14O6. The molecule has 2 rings (SSSR count). The summed E-state index contributed by atoms with van der Waals surface area (Å²) in [5.74, 6) is 0.261. The van der Waals surface area contributed by atoms with Crippen LogP contribution in [0, 0.1) is 0 Å². The molecule has 0 aliphatic heterocycles. The first-order valence-electron chi connectivity index (χ1n) is 5.80. The number of carbonyl (C=O) groups excluding carboxylic acids is 2. The molecule has 6 nitrogen and oxygen atoms in total. The molecule has 0 aliphatic rings. The fourth-order valence-corrected chi connectivity index (χ4v) is 1.48. The second-order valence-corrected chi connectivity index (χ2v) is 3.94. The summed E-state index contributed by atoms with van der Waals surface area (Å²) in [6, 6.07) is 8.03. The first kappa shape index (κ1) is 16.0. The summed E-state index contributed by atoms with van der Waals surface area (Å²) in [4.78, 5) is 20.4. The second kappa shape index (κ2) is 7.54. The third-order valence-corrected chi connectivity index (χ3v) is 2.40. The van der Waals surface area contributed by atoms with Crippen LogP contribution >= 0.6 is 0 Å². The lowest BCUT2D eigenvalue weighted by Gasteiger charge is -2.02. The number of carbonyl (C=O) groups is 2. The number of ether oxygens (including phenoxy) is 1. The van der Waals surface area contributed by atoms with Crippen molar-refractivity contribution in [2.75, 3.05) is 7.11 Å². The van der Waals surface area contributed by atoms with Crippen LogP contribution in [0.25, 0.3) is 0 Å². The first-order valence-corrected chi connectivity index (χ1v) is 5.80. The molecule has 110 valence electrons. The Labute approximate surface area is 120 Å². The van der Waals surface area contributed by atoms with Crippen molar-refractivity contribution in [1.29, 1.82) is 0 Å². The summed E-state index contributed by atoms with van der Waals surface area (Å²) in [6.07, 6.45) is 1.23. The molecule has 0 fully saturated rings. The molecule has 2 aromatic carbocycles. The zero-order valence-electron chi connectivity index (χ0n) is 11.2. The van der Waals surface area contributed by atoms with Crippen LogP contribution in [0.4, 0.5) is 0 Å². The van der Waals surface area contributed by atoms with Gasteiger partial charge in [0.25, 0.3) is 0 Å². The molecule has 0 amide bonds. The van der Waals surface area contributed by atoms with Gasteiger partial charge in [-0.3, -0.25) is 9.59 Å². The third-order valence-electron chi connectivity index (χ3n) is 2.40. The van der Waals surface area contributed by atoms with Crippen molar-refractivity contribution >= 4 is 12.6 Å². The number of rotatable bonds is 3. The number of benzene rings is 2. The zero-order chi connectivity index (χ0) is 15.8. The largest absolute Gasteiger partial charge is 0.508 e. The number of methoxy groups -OCH3 is 1. The van der Waals surface area contributed by atoms with Crippen molar-refractivity contribution in [2.24, 2.45) is 0 Å². The van der Waals surface area contributed by atoms with E-state index in [4.69, 9.17) is 20.1 Å². The molecule has 0 aromatic heterocycles.